The zero-order valence-corrected chi connectivity index (χ0v) is 11.0. The monoisotopic (exact) mass is 242 g/mol. The summed E-state index contributed by atoms with van der Waals surface area (Å²) in [4.78, 5) is 4.10. The molecule has 0 saturated heterocycles. The van der Waals surface area contributed by atoms with Gasteiger partial charge in [-0.1, -0.05) is 12.1 Å². The molecule has 0 aliphatic heterocycles. The summed E-state index contributed by atoms with van der Waals surface area (Å²) in [6.45, 7) is 6.10. The van der Waals surface area contributed by atoms with Crippen molar-refractivity contribution < 1.29 is 4.74 Å². The molecule has 0 atom stereocenters. The van der Waals surface area contributed by atoms with Gasteiger partial charge in [0.05, 0.1) is 0 Å². The van der Waals surface area contributed by atoms with Gasteiger partial charge in [0, 0.05) is 11.8 Å². The number of nitrogens with two attached hydrogens (primary N) is 1. The van der Waals surface area contributed by atoms with Crippen LogP contribution in [-0.4, -0.2) is 10.6 Å². The first-order chi connectivity index (χ1) is 8.44. The number of hydrogen-bond donors (Lipinski definition) is 1. The molecular weight excluding hydrogens is 224 g/mol. The van der Waals surface area contributed by atoms with Crippen molar-refractivity contribution in [3.05, 3.63) is 42.6 Å². The maximum absolute atomic E-state index is 5.84. The Labute approximate surface area is 108 Å². The van der Waals surface area contributed by atoms with E-state index in [4.69, 9.17) is 10.5 Å². The van der Waals surface area contributed by atoms with Gasteiger partial charge in [-0.2, -0.15) is 0 Å². The zero-order chi connectivity index (χ0) is 13.2. The van der Waals surface area contributed by atoms with Crippen molar-refractivity contribution in [1.29, 1.82) is 0 Å². The highest BCUT2D eigenvalue weighted by Crippen LogP contribution is 2.25. The number of rotatable bonds is 2. The third-order valence-electron chi connectivity index (χ3n) is 2.38. The van der Waals surface area contributed by atoms with Crippen LogP contribution in [0.4, 0.5) is 5.82 Å². The Kier molecular flexibility index (Phi) is 3.24. The number of ether oxygens (including phenoxy) is 1. The summed E-state index contributed by atoms with van der Waals surface area (Å²) in [7, 11) is 0. The molecule has 2 N–H and O–H groups in total. The fourth-order valence-corrected chi connectivity index (χ4v) is 1.67. The summed E-state index contributed by atoms with van der Waals surface area (Å²) in [5.41, 5.74) is 7.49. The van der Waals surface area contributed by atoms with Gasteiger partial charge in [-0.15, -0.1) is 0 Å². The zero-order valence-electron chi connectivity index (χ0n) is 11.0. The number of nitrogen functional groups attached to an aromatic ring is 1. The first-order valence-corrected chi connectivity index (χ1v) is 5.95. The Morgan fingerprint density at radius 2 is 1.83 bits per heavy atom. The highest BCUT2D eigenvalue weighted by atomic mass is 16.5. The fraction of sp³-hybridized carbons (Fsp3) is 0.267. The Hall–Kier alpha value is -2.03. The van der Waals surface area contributed by atoms with Crippen LogP contribution in [0.2, 0.25) is 0 Å². The van der Waals surface area contributed by atoms with Crippen molar-refractivity contribution in [2.75, 3.05) is 5.73 Å². The Balaban J connectivity index is 2.29. The van der Waals surface area contributed by atoms with Gasteiger partial charge >= 0.3 is 0 Å². The Morgan fingerprint density at radius 1 is 1.06 bits per heavy atom. The second kappa shape index (κ2) is 4.69. The van der Waals surface area contributed by atoms with Crippen molar-refractivity contribution >= 4 is 5.82 Å². The average molecular weight is 242 g/mol. The second-order valence-corrected chi connectivity index (χ2v) is 5.21. The van der Waals surface area contributed by atoms with Crippen molar-refractivity contribution in [3.8, 4) is 16.9 Å². The lowest BCUT2D eigenvalue weighted by Crippen LogP contribution is -2.22. The molecule has 1 aromatic carbocycles. The summed E-state index contributed by atoms with van der Waals surface area (Å²) >= 11 is 0. The van der Waals surface area contributed by atoms with E-state index in [-0.39, 0.29) is 5.60 Å². The number of aromatic nitrogens is 1. The van der Waals surface area contributed by atoms with Crippen LogP contribution < -0.4 is 10.5 Å². The van der Waals surface area contributed by atoms with Gasteiger partial charge in [-0.3, -0.25) is 0 Å². The van der Waals surface area contributed by atoms with Gasteiger partial charge in [-0.05, 0) is 50.6 Å². The van der Waals surface area contributed by atoms with E-state index in [1.165, 1.54) is 0 Å². The maximum atomic E-state index is 5.84. The third-order valence-corrected chi connectivity index (χ3v) is 2.38. The number of nitrogens with zero attached hydrogens (tertiary/aromatic N) is 1. The van der Waals surface area contributed by atoms with E-state index in [1.807, 2.05) is 51.1 Å². The Morgan fingerprint density at radius 3 is 2.44 bits per heavy atom. The van der Waals surface area contributed by atoms with Crippen LogP contribution >= 0.6 is 0 Å². The standard InChI is InChI=1S/C15H18N2O/c1-15(2,3)18-13-6-4-5-11(9-13)12-7-8-14(16)17-10-12/h4-10H,1-3H3,(H2,16,17). The predicted molar refractivity (Wildman–Crippen MR) is 74.5 cm³/mol. The molecule has 0 fully saturated rings. The van der Waals surface area contributed by atoms with Crippen LogP contribution in [0, 0.1) is 0 Å². The van der Waals surface area contributed by atoms with Crippen LogP contribution in [0.5, 0.6) is 5.75 Å². The van der Waals surface area contributed by atoms with E-state index in [0.717, 1.165) is 16.9 Å². The lowest BCUT2D eigenvalue weighted by molar-refractivity contribution is 0.131. The summed E-state index contributed by atoms with van der Waals surface area (Å²) in [6, 6.07) is 11.7. The fourth-order valence-electron chi connectivity index (χ4n) is 1.67. The summed E-state index contributed by atoms with van der Waals surface area (Å²) in [5.74, 6) is 1.39. The first-order valence-electron chi connectivity index (χ1n) is 5.95. The van der Waals surface area contributed by atoms with Gasteiger partial charge in [0.1, 0.15) is 17.2 Å². The molecule has 2 aromatic rings. The van der Waals surface area contributed by atoms with Gasteiger partial charge in [0.25, 0.3) is 0 Å². The number of hydrogen-bond acceptors (Lipinski definition) is 3. The van der Waals surface area contributed by atoms with E-state index in [2.05, 4.69) is 4.98 Å². The summed E-state index contributed by atoms with van der Waals surface area (Å²) in [5, 5.41) is 0. The average Bonchev–Trinajstić information content (AvgIpc) is 2.28. The summed E-state index contributed by atoms with van der Waals surface area (Å²) < 4.78 is 5.84. The normalized spacial score (nSPS) is 11.3. The molecule has 18 heavy (non-hydrogen) atoms. The van der Waals surface area contributed by atoms with Crippen LogP contribution in [0.3, 0.4) is 0 Å². The van der Waals surface area contributed by atoms with Crippen LogP contribution in [0.1, 0.15) is 20.8 Å². The molecule has 3 heteroatoms. The molecule has 0 amide bonds. The quantitative estimate of drug-likeness (QED) is 0.876. The highest BCUT2D eigenvalue weighted by Gasteiger charge is 2.12. The Bertz CT molecular complexity index is 527. The third kappa shape index (κ3) is 3.23. The largest absolute Gasteiger partial charge is 0.488 e. The predicted octanol–water partition coefficient (Wildman–Crippen LogP) is 3.51. The van der Waals surface area contributed by atoms with Crippen LogP contribution in [0.25, 0.3) is 11.1 Å². The minimum atomic E-state index is -0.196. The topological polar surface area (TPSA) is 48.1 Å². The molecule has 0 radical (unpaired) electrons. The second-order valence-electron chi connectivity index (χ2n) is 5.21. The molecular formula is C15H18N2O. The van der Waals surface area contributed by atoms with Crippen LogP contribution in [0.15, 0.2) is 42.6 Å². The molecule has 2 rings (SSSR count). The van der Waals surface area contributed by atoms with E-state index in [9.17, 15) is 0 Å². The van der Waals surface area contributed by atoms with Gasteiger partial charge in [0.2, 0.25) is 0 Å². The molecule has 0 aliphatic carbocycles. The van der Waals surface area contributed by atoms with Crippen LogP contribution in [-0.2, 0) is 0 Å². The minimum absolute atomic E-state index is 0.196. The van der Waals surface area contributed by atoms with E-state index < -0.39 is 0 Å². The molecule has 0 spiro atoms. The van der Waals surface area contributed by atoms with Crippen molar-refractivity contribution in [3.63, 3.8) is 0 Å². The van der Waals surface area contributed by atoms with Crippen molar-refractivity contribution in [2.24, 2.45) is 0 Å². The maximum Gasteiger partial charge on any atom is 0.123 e. The molecule has 0 unspecified atom stereocenters. The minimum Gasteiger partial charge on any atom is -0.488 e. The molecule has 3 nitrogen and oxygen atoms in total. The molecule has 0 bridgehead atoms. The first kappa shape index (κ1) is 12.4. The summed E-state index contributed by atoms with van der Waals surface area (Å²) in [6.07, 6.45) is 1.77. The lowest BCUT2D eigenvalue weighted by Gasteiger charge is -2.21. The van der Waals surface area contributed by atoms with Crippen molar-refractivity contribution in [1.82, 2.24) is 4.98 Å². The van der Waals surface area contributed by atoms with Crippen molar-refractivity contribution in [2.45, 2.75) is 26.4 Å². The smallest absolute Gasteiger partial charge is 0.123 e. The van der Waals surface area contributed by atoms with E-state index in [0.29, 0.717) is 5.82 Å². The molecule has 1 aromatic heterocycles. The molecule has 0 saturated carbocycles. The number of pyridine rings is 1. The SMILES string of the molecule is CC(C)(C)Oc1cccc(-c2ccc(N)nc2)c1. The van der Waals surface area contributed by atoms with E-state index in [1.54, 1.807) is 12.3 Å². The van der Waals surface area contributed by atoms with Gasteiger partial charge in [-0.25, -0.2) is 4.98 Å². The molecule has 94 valence electrons. The van der Waals surface area contributed by atoms with E-state index >= 15 is 0 Å². The number of benzene rings is 1. The lowest BCUT2D eigenvalue weighted by atomic mass is 10.1. The molecule has 0 aliphatic rings. The van der Waals surface area contributed by atoms with Gasteiger partial charge in [0.15, 0.2) is 0 Å². The molecule has 1 heterocycles. The van der Waals surface area contributed by atoms with Gasteiger partial charge < -0.3 is 10.5 Å². The number of anilines is 1. The highest BCUT2D eigenvalue weighted by molar-refractivity contribution is 5.65.